The minimum atomic E-state index is -3.88. The number of nitrogens with zero attached hydrogens (tertiary/aromatic N) is 1. The van der Waals surface area contributed by atoms with Gasteiger partial charge in [-0.05, 0) is 38.5 Å². The summed E-state index contributed by atoms with van der Waals surface area (Å²) >= 11 is 3.36. The van der Waals surface area contributed by atoms with Gasteiger partial charge in [-0.1, -0.05) is 28.1 Å². The van der Waals surface area contributed by atoms with E-state index in [-0.39, 0.29) is 23.6 Å². The van der Waals surface area contributed by atoms with Gasteiger partial charge in [-0.3, -0.25) is 0 Å². The van der Waals surface area contributed by atoms with Gasteiger partial charge in [0.15, 0.2) is 0 Å². The second-order valence-electron chi connectivity index (χ2n) is 5.61. The summed E-state index contributed by atoms with van der Waals surface area (Å²) < 4.78 is 35.9. The van der Waals surface area contributed by atoms with E-state index >= 15 is 0 Å². The fourth-order valence-corrected chi connectivity index (χ4v) is 4.56. The Hall–Kier alpha value is -1.64. The van der Waals surface area contributed by atoms with Crippen molar-refractivity contribution in [1.29, 1.82) is 0 Å². The van der Waals surface area contributed by atoms with Crippen LogP contribution >= 0.6 is 15.9 Å². The summed E-state index contributed by atoms with van der Waals surface area (Å²) in [6.45, 7) is 5.35. The molecule has 0 unspecified atom stereocenters. The average Bonchev–Trinajstić information content (AvgIpc) is 2.78. The largest absolute Gasteiger partial charge is 0.462 e. The zero-order valence-electron chi connectivity index (χ0n) is 14.6. The zero-order valence-corrected chi connectivity index (χ0v) is 17.0. The van der Waals surface area contributed by atoms with Crippen LogP contribution in [0.25, 0.3) is 0 Å². The monoisotopic (exact) mass is 428 g/mol. The minimum Gasteiger partial charge on any atom is -0.462 e. The van der Waals surface area contributed by atoms with Crippen LogP contribution in [0, 0.1) is 13.8 Å². The van der Waals surface area contributed by atoms with Crippen molar-refractivity contribution in [3.05, 3.63) is 51.3 Å². The van der Waals surface area contributed by atoms with Gasteiger partial charge in [-0.25, -0.2) is 17.9 Å². The normalized spacial score (nSPS) is 11.6. The molecule has 6 nitrogen and oxygen atoms in total. The van der Waals surface area contributed by atoms with Crippen LogP contribution in [0.1, 0.15) is 34.2 Å². The van der Waals surface area contributed by atoms with Crippen LogP contribution in [0.3, 0.4) is 0 Å². The molecular weight excluding hydrogens is 408 g/mol. The Balaban J connectivity index is 2.41. The number of ether oxygens (including phenoxy) is 1. The van der Waals surface area contributed by atoms with Crippen LogP contribution in [0.4, 0.5) is 0 Å². The molecule has 8 heteroatoms. The van der Waals surface area contributed by atoms with E-state index < -0.39 is 16.0 Å². The molecule has 1 N–H and O–H groups in total. The Kier molecular flexibility index (Phi) is 6.08. The molecule has 1 aromatic carbocycles. The highest BCUT2D eigenvalue weighted by Gasteiger charge is 2.31. The van der Waals surface area contributed by atoms with Crippen LogP contribution in [-0.4, -0.2) is 25.6 Å². The predicted molar refractivity (Wildman–Crippen MR) is 99.0 cm³/mol. The summed E-state index contributed by atoms with van der Waals surface area (Å²) in [5.41, 5.74) is 1.94. The first-order valence-corrected chi connectivity index (χ1v) is 10.0. The summed E-state index contributed by atoms with van der Waals surface area (Å²) in [7, 11) is -2.16. The van der Waals surface area contributed by atoms with E-state index in [4.69, 9.17) is 4.74 Å². The highest BCUT2D eigenvalue weighted by molar-refractivity contribution is 9.10. The Morgan fingerprint density at radius 3 is 2.56 bits per heavy atom. The highest BCUT2D eigenvalue weighted by atomic mass is 79.9. The first-order chi connectivity index (χ1) is 11.7. The second-order valence-corrected chi connectivity index (χ2v) is 8.23. The molecule has 1 heterocycles. The number of nitrogens with one attached hydrogen (secondary N) is 1. The van der Waals surface area contributed by atoms with Gasteiger partial charge in [-0.15, -0.1) is 0 Å². The Morgan fingerprint density at radius 2 is 1.96 bits per heavy atom. The fourth-order valence-electron chi connectivity index (χ4n) is 2.59. The lowest BCUT2D eigenvalue weighted by molar-refractivity contribution is 0.0521. The van der Waals surface area contributed by atoms with Crippen molar-refractivity contribution in [3.63, 3.8) is 0 Å². The lowest BCUT2D eigenvalue weighted by atomic mass is 10.2. The Bertz CT molecular complexity index is 904. The molecule has 0 saturated heterocycles. The van der Waals surface area contributed by atoms with Gasteiger partial charge in [0.1, 0.15) is 10.5 Å². The van der Waals surface area contributed by atoms with Crippen LogP contribution < -0.4 is 4.72 Å². The van der Waals surface area contributed by atoms with Crippen LogP contribution in [0.2, 0.25) is 0 Å². The van der Waals surface area contributed by atoms with Crippen molar-refractivity contribution in [2.45, 2.75) is 32.2 Å². The van der Waals surface area contributed by atoms with E-state index in [9.17, 15) is 13.2 Å². The number of hydrogen-bond donors (Lipinski definition) is 1. The third kappa shape index (κ3) is 4.13. The van der Waals surface area contributed by atoms with E-state index in [1.54, 1.807) is 32.4 Å². The summed E-state index contributed by atoms with van der Waals surface area (Å²) in [6.07, 6.45) is 0. The lowest BCUT2D eigenvalue weighted by Gasteiger charge is -2.10. The number of carbonyl (C=O) groups excluding carboxylic acids is 1. The SMILES string of the molecule is CCOC(=O)c1c(S(=O)(=O)NCc2cccc(Br)c2)c(C)n(C)c1C. The number of halogens is 1. The zero-order chi connectivity index (χ0) is 18.8. The fraction of sp³-hybridized carbons (Fsp3) is 0.353. The molecule has 2 aromatic rings. The van der Waals surface area contributed by atoms with E-state index in [0.717, 1.165) is 10.0 Å². The molecule has 0 amide bonds. The molecule has 1 aromatic heterocycles. The van der Waals surface area contributed by atoms with Gasteiger partial charge in [0.25, 0.3) is 0 Å². The summed E-state index contributed by atoms with van der Waals surface area (Å²) in [4.78, 5) is 12.3. The molecule has 25 heavy (non-hydrogen) atoms. The van der Waals surface area contributed by atoms with Crippen molar-refractivity contribution in [3.8, 4) is 0 Å². The van der Waals surface area contributed by atoms with Gasteiger partial charge in [-0.2, -0.15) is 0 Å². The molecule has 0 radical (unpaired) electrons. The third-order valence-corrected chi connectivity index (χ3v) is 6.08. The minimum absolute atomic E-state index is 0.0269. The molecule has 0 atom stereocenters. The molecule has 0 fully saturated rings. The molecule has 136 valence electrons. The number of aromatic nitrogens is 1. The maximum atomic E-state index is 12.9. The van der Waals surface area contributed by atoms with E-state index in [1.165, 1.54) is 0 Å². The highest BCUT2D eigenvalue weighted by Crippen LogP contribution is 2.27. The van der Waals surface area contributed by atoms with Crippen molar-refractivity contribution >= 4 is 31.9 Å². The van der Waals surface area contributed by atoms with Gasteiger partial charge in [0.2, 0.25) is 10.0 Å². The maximum Gasteiger partial charge on any atom is 0.341 e. The third-order valence-electron chi connectivity index (χ3n) is 4.03. The van der Waals surface area contributed by atoms with Gasteiger partial charge in [0, 0.05) is 29.5 Å². The van der Waals surface area contributed by atoms with E-state index in [2.05, 4.69) is 20.7 Å². The average molecular weight is 429 g/mol. The van der Waals surface area contributed by atoms with Gasteiger partial charge < -0.3 is 9.30 Å². The summed E-state index contributed by atoms with van der Waals surface area (Å²) in [5.74, 6) is -0.633. The van der Waals surface area contributed by atoms with E-state index in [1.807, 2.05) is 24.3 Å². The van der Waals surface area contributed by atoms with E-state index in [0.29, 0.717) is 11.4 Å². The first kappa shape index (κ1) is 19.7. The van der Waals surface area contributed by atoms with Crippen molar-refractivity contribution in [1.82, 2.24) is 9.29 Å². The van der Waals surface area contributed by atoms with Gasteiger partial charge in [0.05, 0.1) is 6.61 Å². The summed E-state index contributed by atoms with van der Waals surface area (Å²) in [5, 5.41) is 0. The number of rotatable bonds is 6. The van der Waals surface area contributed by atoms with Crippen molar-refractivity contribution in [2.24, 2.45) is 7.05 Å². The molecule has 2 rings (SSSR count). The molecular formula is C17H21BrN2O4S. The molecule has 0 saturated carbocycles. The Labute approximate surface area is 156 Å². The quantitative estimate of drug-likeness (QED) is 0.717. The second kappa shape index (κ2) is 7.72. The van der Waals surface area contributed by atoms with Crippen molar-refractivity contribution < 1.29 is 17.9 Å². The lowest BCUT2D eigenvalue weighted by Crippen LogP contribution is -2.25. The molecule has 0 bridgehead atoms. The topological polar surface area (TPSA) is 77.4 Å². The predicted octanol–water partition coefficient (Wildman–Crippen LogP) is 3.06. The molecule has 0 spiro atoms. The number of benzene rings is 1. The Morgan fingerprint density at radius 1 is 1.28 bits per heavy atom. The van der Waals surface area contributed by atoms with Gasteiger partial charge >= 0.3 is 5.97 Å². The standard InChI is InChI=1S/C17H21BrN2O4S/c1-5-24-17(21)15-11(2)20(4)12(3)16(15)25(22,23)19-10-13-7-6-8-14(18)9-13/h6-9,19H,5,10H2,1-4H3. The number of sulfonamides is 1. The number of esters is 1. The van der Waals surface area contributed by atoms with Crippen LogP contribution in [0.5, 0.6) is 0 Å². The molecule has 0 aliphatic carbocycles. The number of carbonyl (C=O) groups is 1. The molecule has 0 aliphatic heterocycles. The smallest absolute Gasteiger partial charge is 0.341 e. The van der Waals surface area contributed by atoms with Crippen LogP contribution in [-0.2, 0) is 28.4 Å². The number of hydrogen-bond acceptors (Lipinski definition) is 4. The van der Waals surface area contributed by atoms with Crippen molar-refractivity contribution in [2.75, 3.05) is 6.61 Å². The van der Waals surface area contributed by atoms with Crippen LogP contribution in [0.15, 0.2) is 33.6 Å². The molecule has 0 aliphatic rings. The maximum absolute atomic E-state index is 12.9. The first-order valence-electron chi connectivity index (χ1n) is 7.76. The summed E-state index contributed by atoms with van der Waals surface area (Å²) in [6, 6.07) is 7.34.